The molecule has 3 heteroatoms. The number of rotatable bonds is 3. The molecule has 0 spiro atoms. The number of esters is 1. The third-order valence-electron chi connectivity index (χ3n) is 4.61. The second-order valence-electron chi connectivity index (χ2n) is 5.58. The first-order chi connectivity index (χ1) is 8.31. The fourth-order valence-electron chi connectivity index (χ4n) is 3.68. The van der Waals surface area contributed by atoms with Crippen LogP contribution in [0.15, 0.2) is 0 Å². The Hall–Kier alpha value is -0.570. The van der Waals surface area contributed by atoms with Crippen LogP contribution in [0, 0.1) is 17.8 Å². The van der Waals surface area contributed by atoms with Gasteiger partial charge in [0.25, 0.3) is 0 Å². The summed E-state index contributed by atoms with van der Waals surface area (Å²) in [6.07, 6.45) is 8.43. The van der Waals surface area contributed by atoms with Crippen LogP contribution in [0.25, 0.3) is 0 Å². The summed E-state index contributed by atoms with van der Waals surface area (Å²) >= 11 is 0. The average Bonchev–Trinajstić information content (AvgIpc) is 2.40. The molecule has 0 bridgehead atoms. The van der Waals surface area contributed by atoms with Gasteiger partial charge in [-0.2, -0.15) is 0 Å². The molecule has 1 heterocycles. The van der Waals surface area contributed by atoms with E-state index < -0.39 is 0 Å². The van der Waals surface area contributed by atoms with E-state index in [1.165, 1.54) is 45.6 Å². The molecule has 2 atom stereocenters. The van der Waals surface area contributed by atoms with Crippen molar-refractivity contribution in [2.45, 2.75) is 44.9 Å². The zero-order valence-electron chi connectivity index (χ0n) is 10.9. The van der Waals surface area contributed by atoms with Gasteiger partial charge in [0, 0.05) is 6.42 Å². The van der Waals surface area contributed by atoms with Gasteiger partial charge in [-0.25, -0.2) is 0 Å². The number of methoxy groups -OCH3 is 1. The minimum absolute atomic E-state index is 0.0177. The minimum atomic E-state index is -0.0177. The van der Waals surface area contributed by atoms with Crippen LogP contribution >= 0.6 is 0 Å². The second kappa shape index (κ2) is 6.39. The Balaban J connectivity index is 1.93. The van der Waals surface area contributed by atoms with Crippen LogP contribution in [0.2, 0.25) is 0 Å². The lowest BCUT2D eigenvalue weighted by Crippen LogP contribution is -2.36. The lowest BCUT2D eigenvalue weighted by atomic mass is 9.68. The SMILES string of the molecule is COC(=O)CC1CCCCC1C1CCNCC1. The predicted molar refractivity (Wildman–Crippen MR) is 67.7 cm³/mol. The Morgan fingerprint density at radius 3 is 2.59 bits per heavy atom. The molecule has 0 radical (unpaired) electrons. The molecule has 1 N–H and O–H groups in total. The standard InChI is InChI=1S/C14H25NO2/c1-17-14(16)10-12-4-2-3-5-13(12)11-6-8-15-9-7-11/h11-13,15H,2-10H2,1H3. The Morgan fingerprint density at radius 1 is 1.18 bits per heavy atom. The van der Waals surface area contributed by atoms with Crippen molar-refractivity contribution in [1.82, 2.24) is 5.32 Å². The normalized spacial score (nSPS) is 31.1. The Bertz CT molecular complexity index is 249. The van der Waals surface area contributed by atoms with Gasteiger partial charge in [-0.3, -0.25) is 4.79 Å². The molecule has 0 aromatic carbocycles. The summed E-state index contributed by atoms with van der Waals surface area (Å²) in [5.74, 6) is 2.17. The van der Waals surface area contributed by atoms with Crippen molar-refractivity contribution in [3.63, 3.8) is 0 Å². The summed E-state index contributed by atoms with van der Waals surface area (Å²) in [4.78, 5) is 11.5. The van der Waals surface area contributed by atoms with Crippen molar-refractivity contribution in [3.8, 4) is 0 Å². The van der Waals surface area contributed by atoms with Gasteiger partial charge < -0.3 is 10.1 Å². The highest BCUT2D eigenvalue weighted by molar-refractivity contribution is 5.69. The lowest BCUT2D eigenvalue weighted by Gasteiger charge is -2.38. The molecule has 2 unspecified atom stereocenters. The van der Waals surface area contributed by atoms with Crippen LogP contribution in [0.5, 0.6) is 0 Å². The van der Waals surface area contributed by atoms with Crippen LogP contribution < -0.4 is 5.32 Å². The van der Waals surface area contributed by atoms with Gasteiger partial charge in [-0.15, -0.1) is 0 Å². The van der Waals surface area contributed by atoms with Gasteiger partial charge in [0.2, 0.25) is 0 Å². The molecule has 2 aliphatic rings. The lowest BCUT2D eigenvalue weighted by molar-refractivity contribution is -0.142. The Labute approximate surface area is 104 Å². The number of nitrogens with one attached hydrogen (secondary N) is 1. The first-order valence-electron chi connectivity index (χ1n) is 7.09. The fraction of sp³-hybridized carbons (Fsp3) is 0.929. The van der Waals surface area contributed by atoms with Crippen LogP contribution in [-0.2, 0) is 9.53 Å². The molecule has 0 aromatic rings. The van der Waals surface area contributed by atoms with Crippen LogP contribution in [0.4, 0.5) is 0 Å². The largest absolute Gasteiger partial charge is 0.469 e. The summed E-state index contributed by atoms with van der Waals surface area (Å²) in [6, 6.07) is 0. The van der Waals surface area contributed by atoms with Gasteiger partial charge in [-0.1, -0.05) is 12.8 Å². The molecule has 2 fully saturated rings. The van der Waals surface area contributed by atoms with E-state index in [1.807, 2.05) is 0 Å². The highest BCUT2D eigenvalue weighted by Crippen LogP contribution is 2.40. The van der Waals surface area contributed by atoms with Crippen LogP contribution in [0.1, 0.15) is 44.9 Å². The summed E-state index contributed by atoms with van der Waals surface area (Å²) in [6.45, 7) is 2.32. The van der Waals surface area contributed by atoms with Crippen molar-refractivity contribution in [1.29, 1.82) is 0 Å². The summed E-state index contributed by atoms with van der Waals surface area (Å²) < 4.78 is 4.84. The van der Waals surface area contributed by atoms with E-state index in [9.17, 15) is 4.79 Å². The van der Waals surface area contributed by atoms with E-state index in [1.54, 1.807) is 0 Å². The zero-order chi connectivity index (χ0) is 12.1. The molecular weight excluding hydrogens is 214 g/mol. The number of carbonyl (C=O) groups is 1. The maximum absolute atomic E-state index is 11.5. The van der Waals surface area contributed by atoms with E-state index >= 15 is 0 Å². The Morgan fingerprint density at radius 2 is 1.88 bits per heavy atom. The molecule has 1 aliphatic heterocycles. The van der Waals surface area contributed by atoms with E-state index in [4.69, 9.17) is 4.74 Å². The topological polar surface area (TPSA) is 38.3 Å². The molecule has 3 nitrogen and oxygen atoms in total. The summed E-state index contributed by atoms with van der Waals surface area (Å²) in [5, 5.41) is 3.43. The first-order valence-corrected chi connectivity index (χ1v) is 7.09. The quantitative estimate of drug-likeness (QED) is 0.768. The van der Waals surface area contributed by atoms with Gasteiger partial charge in [-0.05, 0) is 56.5 Å². The summed E-state index contributed by atoms with van der Waals surface area (Å²) in [5.41, 5.74) is 0. The van der Waals surface area contributed by atoms with Gasteiger partial charge in [0.1, 0.15) is 0 Å². The monoisotopic (exact) mass is 239 g/mol. The number of carbonyl (C=O) groups excluding carboxylic acids is 1. The first kappa shape index (κ1) is 12.9. The number of piperidine rings is 1. The Kier molecular flexibility index (Phi) is 4.84. The van der Waals surface area contributed by atoms with Crippen molar-refractivity contribution >= 4 is 5.97 Å². The fourth-order valence-corrected chi connectivity index (χ4v) is 3.68. The molecule has 2 rings (SSSR count). The van der Waals surface area contributed by atoms with Crippen LogP contribution in [-0.4, -0.2) is 26.2 Å². The average molecular weight is 239 g/mol. The summed E-state index contributed by atoms with van der Waals surface area (Å²) in [7, 11) is 1.50. The van der Waals surface area contributed by atoms with E-state index in [0.717, 1.165) is 24.9 Å². The maximum atomic E-state index is 11.5. The zero-order valence-corrected chi connectivity index (χ0v) is 10.9. The highest BCUT2D eigenvalue weighted by atomic mass is 16.5. The van der Waals surface area contributed by atoms with Gasteiger partial charge in [0.05, 0.1) is 7.11 Å². The predicted octanol–water partition coefficient (Wildman–Crippen LogP) is 2.36. The third kappa shape index (κ3) is 3.44. The van der Waals surface area contributed by atoms with Crippen molar-refractivity contribution in [2.24, 2.45) is 17.8 Å². The van der Waals surface area contributed by atoms with Gasteiger partial charge in [0.15, 0.2) is 0 Å². The third-order valence-corrected chi connectivity index (χ3v) is 4.61. The second-order valence-corrected chi connectivity index (χ2v) is 5.58. The molecule has 98 valence electrons. The maximum Gasteiger partial charge on any atom is 0.305 e. The minimum Gasteiger partial charge on any atom is -0.469 e. The van der Waals surface area contributed by atoms with Gasteiger partial charge >= 0.3 is 5.97 Å². The number of hydrogen-bond acceptors (Lipinski definition) is 3. The smallest absolute Gasteiger partial charge is 0.305 e. The molecule has 1 aliphatic carbocycles. The molecular formula is C14H25NO2. The van der Waals surface area contributed by atoms with E-state index in [2.05, 4.69) is 5.32 Å². The molecule has 0 amide bonds. The molecule has 1 saturated heterocycles. The van der Waals surface area contributed by atoms with Crippen LogP contribution in [0.3, 0.4) is 0 Å². The van der Waals surface area contributed by atoms with Crippen molar-refractivity contribution < 1.29 is 9.53 Å². The van der Waals surface area contributed by atoms with Crippen molar-refractivity contribution in [3.05, 3.63) is 0 Å². The number of ether oxygens (including phenoxy) is 1. The van der Waals surface area contributed by atoms with Crippen molar-refractivity contribution in [2.75, 3.05) is 20.2 Å². The molecule has 17 heavy (non-hydrogen) atoms. The molecule has 0 aromatic heterocycles. The van der Waals surface area contributed by atoms with E-state index in [0.29, 0.717) is 12.3 Å². The number of hydrogen-bond donors (Lipinski definition) is 1. The molecule has 1 saturated carbocycles. The highest BCUT2D eigenvalue weighted by Gasteiger charge is 2.33. The van der Waals surface area contributed by atoms with E-state index in [-0.39, 0.29) is 5.97 Å².